The molecule has 176 valence electrons. The van der Waals surface area contributed by atoms with Gasteiger partial charge in [-0.2, -0.15) is 0 Å². The Labute approximate surface area is 189 Å². The summed E-state index contributed by atoms with van der Waals surface area (Å²) in [6.07, 6.45) is 1.18. The van der Waals surface area contributed by atoms with Crippen molar-refractivity contribution in [2.24, 2.45) is 11.8 Å². The standard InChI is InChI=1S/C14H14FNO2.C10H17NO2.CH4/c1-14(2,18)13-8-11(17)7-12(16-13)9-3-5-10(15)6-4-9;1-10(2,3)13-9(12)11-5-7-4-8(7)6-11;/h3-8,18H,1-2H3,(H,16,17);7-8H,4-6H2,1-3H3;1H4. The van der Waals surface area contributed by atoms with Crippen molar-refractivity contribution in [3.63, 3.8) is 0 Å². The van der Waals surface area contributed by atoms with Crippen LogP contribution in [-0.2, 0) is 10.3 Å². The van der Waals surface area contributed by atoms with Gasteiger partial charge >= 0.3 is 6.09 Å². The van der Waals surface area contributed by atoms with Crippen LogP contribution in [0.2, 0.25) is 0 Å². The normalized spacial score (nSPS) is 19.3. The SMILES string of the molecule is C.CC(C)(C)OC(=O)N1CC2CC2C1.CC(C)(O)c1cc(=O)cc(-c2ccc(F)cc2)[nH]1. The lowest BCUT2D eigenvalue weighted by atomic mass is 10.0. The topological polar surface area (TPSA) is 82.6 Å². The lowest BCUT2D eigenvalue weighted by Crippen LogP contribution is -2.36. The summed E-state index contributed by atoms with van der Waals surface area (Å²) in [5, 5.41) is 9.90. The van der Waals surface area contributed by atoms with Gasteiger partial charge < -0.3 is 19.7 Å². The predicted octanol–water partition coefficient (Wildman–Crippen LogP) is 4.92. The highest BCUT2D eigenvalue weighted by Gasteiger charge is 2.47. The van der Waals surface area contributed by atoms with Gasteiger partial charge in [-0.25, -0.2) is 9.18 Å². The summed E-state index contributed by atoms with van der Waals surface area (Å²) in [7, 11) is 0. The third kappa shape index (κ3) is 6.92. The van der Waals surface area contributed by atoms with Crippen molar-refractivity contribution in [2.45, 2.75) is 59.7 Å². The number of aromatic nitrogens is 1. The molecule has 2 N–H and O–H groups in total. The molecule has 1 amide bonds. The number of fused-ring (bicyclic) bond motifs is 1. The first-order chi connectivity index (χ1) is 14.3. The van der Waals surface area contributed by atoms with E-state index in [1.165, 1.54) is 30.7 Å². The molecule has 2 aromatic rings. The minimum absolute atomic E-state index is 0. The van der Waals surface area contributed by atoms with Crippen molar-refractivity contribution in [3.05, 3.63) is 58.1 Å². The molecule has 1 aliphatic carbocycles. The molecule has 1 aromatic carbocycles. The lowest BCUT2D eigenvalue weighted by molar-refractivity contribution is 0.0274. The Bertz CT molecular complexity index is 977. The summed E-state index contributed by atoms with van der Waals surface area (Å²) < 4.78 is 18.1. The van der Waals surface area contributed by atoms with Gasteiger partial charge in [-0.1, -0.05) is 7.43 Å². The van der Waals surface area contributed by atoms with Gasteiger partial charge in [-0.3, -0.25) is 4.79 Å². The second-order valence-electron chi connectivity index (χ2n) is 9.85. The molecule has 7 heteroatoms. The van der Waals surface area contributed by atoms with E-state index < -0.39 is 5.60 Å². The summed E-state index contributed by atoms with van der Waals surface area (Å²) in [6.45, 7) is 10.7. The Morgan fingerprint density at radius 1 is 1.09 bits per heavy atom. The van der Waals surface area contributed by atoms with Gasteiger partial charge in [0, 0.05) is 30.9 Å². The number of halogens is 1. The number of pyridine rings is 1. The third-order valence-electron chi connectivity index (χ3n) is 5.29. The number of likely N-dealkylation sites (tertiary alicyclic amines) is 1. The Hall–Kier alpha value is -2.67. The van der Waals surface area contributed by atoms with Gasteiger partial charge in [0.2, 0.25) is 0 Å². The molecule has 0 spiro atoms. The highest BCUT2D eigenvalue weighted by Crippen LogP contribution is 2.45. The van der Waals surface area contributed by atoms with Crippen molar-refractivity contribution in [3.8, 4) is 11.3 Å². The number of carbonyl (C=O) groups excluding carboxylic acids is 1. The van der Waals surface area contributed by atoms with Gasteiger partial charge in [0.15, 0.2) is 5.43 Å². The quantitative estimate of drug-likeness (QED) is 0.686. The number of nitrogens with one attached hydrogen (secondary N) is 1. The van der Waals surface area contributed by atoms with Crippen LogP contribution in [0, 0.1) is 17.7 Å². The molecule has 1 saturated carbocycles. The maximum Gasteiger partial charge on any atom is 0.410 e. The third-order valence-corrected chi connectivity index (χ3v) is 5.29. The van der Waals surface area contributed by atoms with Crippen molar-refractivity contribution in [2.75, 3.05) is 13.1 Å². The minimum atomic E-state index is -1.13. The van der Waals surface area contributed by atoms with Crippen LogP contribution >= 0.6 is 0 Å². The first-order valence-electron chi connectivity index (χ1n) is 10.5. The maximum atomic E-state index is 12.8. The number of aliphatic hydroxyl groups is 1. The van der Waals surface area contributed by atoms with Crippen LogP contribution in [0.1, 0.15) is 54.2 Å². The van der Waals surface area contributed by atoms with Crippen molar-refractivity contribution in [1.82, 2.24) is 9.88 Å². The number of amides is 1. The summed E-state index contributed by atoms with van der Waals surface area (Å²) in [5.41, 5.74) is -0.0160. The van der Waals surface area contributed by atoms with Gasteiger partial charge in [-0.15, -0.1) is 0 Å². The Kier molecular flexibility index (Phi) is 7.55. The first kappa shape index (κ1) is 25.6. The molecule has 2 aliphatic rings. The molecule has 0 bridgehead atoms. The van der Waals surface area contributed by atoms with Gasteiger partial charge in [-0.05, 0) is 82.7 Å². The molecular weight excluding hydrogens is 411 g/mol. The van der Waals surface area contributed by atoms with E-state index in [2.05, 4.69) is 4.98 Å². The molecule has 2 heterocycles. The van der Waals surface area contributed by atoms with E-state index in [4.69, 9.17) is 4.74 Å². The van der Waals surface area contributed by atoms with Crippen LogP contribution in [0.5, 0.6) is 0 Å². The summed E-state index contributed by atoms with van der Waals surface area (Å²) >= 11 is 0. The molecule has 2 unspecified atom stereocenters. The fourth-order valence-corrected chi connectivity index (χ4v) is 3.53. The number of benzene rings is 1. The summed E-state index contributed by atoms with van der Waals surface area (Å²) in [5.74, 6) is 1.24. The first-order valence-corrected chi connectivity index (χ1v) is 10.5. The average Bonchev–Trinajstić information content (AvgIpc) is 3.25. The molecule has 1 aromatic heterocycles. The largest absolute Gasteiger partial charge is 0.444 e. The van der Waals surface area contributed by atoms with Gasteiger partial charge in [0.05, 0.1) is 11.3 Å². The molecule has 4 rings (SSSR count). The van der Waals surface area contributed by atoms with E-state index in [-0.39, 0.29) is 30.4 Å². The van der Waals surface area contributed by atoms with Crippen molar-refractivity contribution >= 4 is 6.09 Å². The van der Waals surface area contributed by atoms with Gasteiger partial charge in [0.1, 0.15) is 11.4 Å². The smallest absolute Gasteiger partial charge is 0.410 e. The number of nitrogens with zero attached hydrogens (tertiary/aromatic N) is 1. The van der Waals surface area contributed by atoms with Crippen LogP contribution in [0.4, 0.5) is 9.18 Å². The predicted molar refractivity (Wildman–Crippen MR) is 124 cm³/mol. The van der Waals surface area contributed by atoms with Crippen molar-refractivity contribution < 1.29 is 19.0 Å². The van der Waals surface area contributed by atoms with E-state index in [9.17, 15) is 19.1 Å². The number of hydrogen-bond donors (Lipinski definition) is 2. The van der Waals surface area contributed by atoms with Crippen LogP contribution in [-0.4, -0.2) is 39.8 Å². The number of carbonyl (C=O) groups is 1. The fourth-order valence-electron chi connectivity index (χ4n) is 3.53. The number of rotatable bonds is 2. The van der Waals surface area contributed by atoms with E-state index in [1.54, 1.807) is 26.0 Å². The highest BCUT2D eigenvalue weighted by atomic mass is 19.1. The van der Waals surface area contributed by atoms with E-state index in [0.717, 1.165) is 24.9 Å². The number of H-pyrrole nitrogens is 1. The van der Waals surface area contributed by atoms with E-state index in [0.29, 0.717) is 17.0 Å². The zero-order chi connectivity index (χ0) is 23.0. The zero-order valence-corrected chi connectivity index (χ0v) is 18.7. The second kappa shape index (κ2) is 9.45. The monoisotopic (exact) mass is 446 g/mol. The molecule has 0 radical (unpaired) electrons. The summed E-state index contributed by atoms with van der Waals surface area (Å²) in [4.78, 5) is 27.9. The second-order valence-corrected chi connectivity index (χ2v) is 9.85. The lowest BCUT2D eigenvalue weighted by Gasteiger charge is -2.25. The molecule has 2 atom stereocenters. The molecule has 2 fully saturated rings. The number of aromatic amines is 1. The molecular formula is C25H35FN2O4. The fraction of sp³-hybridized carbons (Fsp3) is 0.520. The molecule has 1 saturated heterocycles. The van der Waals surface area contributed by atoms with E-state index >= 15 is 0 Å². The Morgan fingerprint density at radius 3 is 2.16 bits per heavy atom. The number of piperidine rings is 1. The Morgan fingerprint density at radius 2 is 1.66 bits per heavy atom. The maximum absolute atomic E-state index is 12.8. The number of ether oxygens (including phenoxy) is 1. The van der Waals surface area contributed by atoms with Gasteiger partial charge in [0.25, 0.3) is 0 Å². The average molecular weight is 447 g/mol. The van der Waals surface area contributed by atoms with Crippen LogP contribution in [0.3, 0.4) is 0 Å². The van der Waals surface area contributed by atoms with Crippen molar-refractivity contribution in [1.29, 1.82) is 0 Å². The minimum Gasteiger partial charge on any atom is -0.444 e. The Balaban J connectivity index is 0.000000230. The molecule has 1 aliphatic heterocycles. The van der Waals surface area contributed by atoms with Crippen LogP contribution in [0.25, 0.3) is 11.3 Å². The molecule has 32 heavy (non-hydrogen) atoms. The van der Waals surface area contributed by atoms with Crippen LogP contribution in [0.15, 0.2) is 41.2 Å². The summed E-state index contributed by atoms with van der Waals surface area (Å²) in [6, 6.07) is 8.58. The number of hydrogen-bond acceptors (Lipinski definition) is 4. The zero-order valence-electron chi connectivity index (χ0n) is 18.7. The van der Waals surface area contributed by atoms with Crippen LogP contribution < -0.4 is 5.43 Å². The van der Waals surface area contributed by atoms with E-state index in [1.807, 2.05) is 25.7 Å². The molecule has 6 nitrogen and oxygen atoms in total. The highest BCUT2D eigenvalue weighted by molar-refractivity contribution is 5.68.